The molecular formula is C14H17ClO2. The Kier molecular flexibility index (Phi) is 7.29. The first-order valence-electron chi connectivity index (χ1n) is 5.73. The molecule has 0 N–H and O–H groups in total. The van der Waals surface area contributed by atoms with Gasteiger partial charge in [-0.15, -0.1) is 11.6 Å². The summed E-state index contributed by atoms with van der Waals surface area (Å²) in [4.78, 5) is 0. The molecule has 3 heteroatoms. The van der Waals surface area contributed by atoms with Crippen molar-refractivity contribution in [1.82, 2.24) is 0 Å². The SMILES string of the molecule is CCOCCOc1ccccc1C#CCCCl. The minimum absolute atomic E-state index is 0.544. The topological polar surface area (TPSA) is 18.5 Å². The molecule has 1 aromatic carbocycles. The number of rotatable bonds is 6. The molecule has 0 heterocycles. The van der Waals surface area contributed by atoms with Crippen molar-refractivity contribution in [3.05, 3.63) is 29.8 Å². The highest BCUT2D eigenvalue weighted by atomic mass is 35.5. The highest BCUT2D eigenvalue weighted by molar-refractivity contribution is 6.18. The minimum Gasteiger partial charge on any atom is -0.490 e. The van der Waals surface area contributed by atoms with Gasteiger partial charge in [0.1, 0.15) is 12.4 Å². The third-order valence-electron chi connectivity index (χ3n) is 2.02. The van der Waals surface area contributed by atoms with Gasteiger partial charge in [-0.2, -0.15) is 0 Å². The Morgan fingerprint density at radius 2 is 2.06 bits per heavy atom. The molecule has 0 radical (unpaired) electrons. The maximum Gasteiger partial charge on any atom is 0.135 e. The van der Waals surface area contributed by atoms with Crippen LogP contribution in [0.3, 0.4) is 0 Å². The lowest BCUT2D eigenvalue weighted by Crippen LogP contribution is -2.07. The number of hydrogen-bond acceptors (Lipinski definition) is 2. The van der Waals surface area contributed by atoms with Gasteiger partial charge >= 0.3 is 0 Å². The third-order valence-corrected chi connectivity index (χ3v) is 2.21. The van der Waals surface area contributed by atoms with Crippen LogP contribution in [-0.4, -0.2) is 25.7 Å². The van der Waals surface area contributed by atoms with Crippen molar-refractivity contribution in [1.29, 1.82) is 0 Å². The summed E-state index contributed by atoms with van der Waals surface area (Å²) in [6.07, 6.45) is 0.689. The summed E-state index contributed by atoms with van der Waals surface area (Å²) >= 11 is 5.58. The summed E-state index contributed by atoms with van der Waals surface area (Å²) in [6, 6.07) is 7.73. The molecule has 0 aromatic heterocycles. The standard InChI is InChI=1S/C14H17ClO2/c1-2-16-11-12-17-14-9-4-3-7-13(14)8-5-6-10-15/h3-4,7,9H,2,6,10-12H2,1H3. The Hall–Kier alpha value is -1.17. The molecule has 0 bridgehead atoms. The highest BCUT2D eigenvalue weighted by Crippen LogP contribution is 2.16. The van der Waals surface area contributed by atoms with Crippen molar-refractivity contribution >= 4 is 11.6 Å². The molecule has 0 atom stereocenters. The van der Waals surface area contributed by atoms with Gasteiger partial charge in [0.15, 0.2) is 0 Å². The number of para-hydroxylation sites is 1. The summed E-state index contributed by atoms with van der Waals surface area (Å²) in [5.41, 5.74) is 0.897. The van der Waals surface area contributed by atoms with E-state index >= 15 is 0 Å². The van der Waals surface area contributed by atoms with Crippen LogP contribution in [0.25, 0.3) is 0 Å². The van der Waals surface area contributed by atoms with Gasteiger partial charge < -0.3 is 9.47 Å². The number of hydrogen-bond donors (Lipinski definition) is 0. The maximum absolute atomic E-state index is 5.61. The Labute approximate surface area is 108 Å². The van der Waals surface area contributed by atoms with Gasteiger partial charge in [-0.25, -0.2) is 0 Å². The molecule has 0 aliphatic carbocycles. The van der Waals surface area contributed by atoms with Gasteiger partial charge in [0.25, 0.3) is 0 Å². The summed E-state index contributed by atoms with van der Waals surface area (Å²) in [6.45, 7) is 3.81. The molecule has 0 aliphatic heterocycles. The molecule has 0 saturated heterocycles. The lowest BCUT2D eigenvalue weighted by molar-refractivity contribution is 0.110. The zero-order valence-electron chi connectivity index (χ0n) is 10.0. The van der Waals surface area contributed by atoms with Crippen molar-refractivity contribution in [3.63, 3.8) is 0 Å². The molecule has 0 fully saturated rings. The average molecular weight is 253 g/mol. The van der Waals surface area contributed by atoms with Crippen molar-refractivity contribution in [2.24, 2.45) is 0 Å². The van der Waals surface area contributed by atoms with Crippen LogP contribution in [0.5, 0.6) is 5.75 Å². The van der Waals surface area contributed by atoms with Crippen molar-refractivity contribution < 1.29 is 9.47 Å². The predicted octanol–water partition coefficient (Wildman–Crippen LogP) is 3.08. The van der Waals surface area contributed by atoms with E-state index in [1.54, 1.807) is 0 Å². The number of ether oxygens (including phenoxy) is 2. The minimum atomic E-state index is 0.544. The molecule has 1 rings (SSSR count). The quantitative estimate of drug-likeness (QED) is 0.440. The number of alkyl halides is 1. The molecule has 92 valence electrons. The molecule has 0 spiro atoms. The lowest BCUT2D eigenvalue weighted by Gasteiger charge is -2.07. The molecule has 17 heavy (non-hydrogen) atoms. The second-order valence-corrected chi connectivity index (χ2v) is 3.66. The number of halogens is 1. The van der Waals surface area contributed by atoms with Crippen LogP contribution in [-0.2, 0) is 4.74 Å². The second-order valence-electron chi connectivity index (χ2n) is 3.28. The molecule has 1 aromatic rings. The van der Waals surface area contributed by atoms with Gasteiger partial charge in [-0.1, -0.05) is 24.0 Å². The fourth-order valence-electron chi connectivity index (χ4n) is 1.26. The molecular weight excluding hydrogens is 236 g/mol. The molecule has 0 unspecified atom stereocenters. The van der Waals surface area contributed by atoms with E-state index in [0.29, 0.717) is 32.1 Å². The van der Waals surface area contributed by atoms with Crippen LogP contribution in [0, 0.1) is 11.8 Å². The van der Waals surface area contributed by atoms with E-state index in [0.717, 1.165) is 11.3 Å². The van der Waals surface area contributed by atoms with Crippen LogP contribution in [0.2, 0.25) is 0 Å². The first kappa shape index (κ1) is 13.9. The Morgan fingerprint density at radius 1 is 1.24 bits per heavy atom. The van der Waals surface area contributed by atoms with Gasteiger partial charge in [0, 0.05) is 18.9 Å². The van der Waals surface area contributed by atoms with Crippen LogP contribution in [0.1, 0.15) is 18.9 Å². The van der Waals surface area contributed by atoms with E-state index in [4.69, 9.17) is 21.1 Å². The third kappa shape index (κ3) is 5.63. The van der Waals surface area contributed by atoms with E-state index in [1.807, 2.05) is 31.2 Å². The largest absolute Gasteiger partial charge is 0.490 e. The smallest absolute Gasteiger partial charge is 0.135 e. The first-order valence-corrected chi connectivity index (χ1v) is 6.26. The Morgan fingerprint density at radius 3 is 2.82 bits per heavy atom. The van der Waals surface area contributed by atoms with Crippen LogP contribution < -0.4 is 4.74 Å². The van der Waals surface area contributed by atoms with Gasteiger partial charge in [-0.3, -0.25) is 0 Å². The fraction of sp³-hybridized carbons (Fsp3) is 0.429. The fourth-order valence-corrected chi connectivity index (χ4v) is 1.35. The molecule has 0 saturated carbocycles. The monoisotopic (exact) mass is 252 g/mol. The van der Waals surface area contributed by atoms with Crippen molar-refractivity contribution in [2.75, 3.05) is 25.7 Å². The van der Waals surface area contributed by atoms with Gasteiger partial charge in [0.2, 0.25) is 0 Å². The zero-order chi connectivity index (χ0) is 12.3. The molecule has 2 nitrogen and oxygen atoms in total. The van der Waals surface area contributed by atoms with E-state index in [-0.39, 0.29) is 0 Å². The first-order chi connectivity index (χ1) is 8.38. The normalized spacial score (nSPS) is 9.53. The van der Waals surface area contributed by atoms with E-state index in [2.05, 4.69) is 11.8 Å². The molecule has 0 amide bonds. The number of benzene rings is 1. The summed E-state index contributed by atoms with van der Waals surface area (Å²) in [5.74, 6) is 7.41. The summed E-state index contributed by atoms with van der Waals surface area (Å²) in [7, 11) is 0. The van der Waals surface area contributed by atoms with E-state index in [9.17, 15) is 0 Å². The molecule has 0 aliphatic rings. The van der Waals surface area contributed by atoms with Crippen LogP contribution in [0.4, 0.5) is 0 Å². The summed E-state index contributed by atoms with van der Waals surface area (Å²) in [5, 5.41) is 0. The highest BCUT2D eigenvalue weighted by Gasteiger charge is 1.99. The van der Waals surface area contributed by atoms with Gasteiger partial charge in [-0.05, 0) is 19.1 Å². The second kappa shape index (κ2) is 8.92. The zero-order valence-corrected chi connectivity index (χ0v) is 10.8. The van der Waals surface area contributed by atoms with Gasteiger partial charge in [0.05, 0.1) is 12.2 Å². The maximum atomic E-state index is 5.61. The van der Waals surface area contributed by atoms with Crippen LogP contribution >= 0.6 is 11.6 Å². The van der Waals surface area contributed by atoms with E-state index < -0.39 is 0 Å². The average Bonchev–Trinajstić information content (AvgIpc) is 2.36. The van der Waals surface area contributed by atoms with E-state index in [1.165, 1.54) is 0 Å². The Balaban J connectivity index is 2.56. The van der Waals surface area contributed by atoms with Crippen molar-refractivity contribution in [3.8, 4) is 17.6 Å². The predicted molar refractivity (Wildman–Crippen MR) is 70.6 cm³/mol. The summed E-state index contributed by atoms with van der Waals surface area (Å²) < 4.78 is 10.8. The Bertz CT molecular complexity index is 379. The van der Waals surface area contributed by atoms with Crippen molar-refractivity contribution in [2.45, 2.75) is 13.3 Å². The lowest BCUT2D eigenvalue weighted by atomic mass is 10.2. The van der Waals surface area contributed by atoms with Crippen LogP contribution in [0.15, 0.2) is 24.3 Å².